The van der Waals surface area contributed by atoms with E-state index in [-0.39, 0.29) is 0 Å². The quantitative estimate of drug-likeness (QED) is 0.185. The molecule has 0 fully saturated rings. The molecular weight excluding hydrogens is 619 g/mol. The maximum Gasteiger partial charge on any atom is 0.140 e. The number of imidazole rings is 1. The van der Waals surface area contributed by atoms with Crippen LogP contribution in [-0.2, 0) is 12.5 Å². The fourth-order valence-corrected chi connectivity index (χ4v) is 8.41. The molecule has 0 unspecified atom stereocenters. The average Bonchev–Trinajstić information content (AvgIpc) is 3.70. The lowest BCUT2D eigenvalue weighted by Crippen LogP contribution is -2.28. The molecule has 240 valence electrons. The van der Waals surface area contributed by atoms with Crippen LogP contribution in [0.15, 0.2) is 182 Å². The number of rotatable bonds is 5. The molecule has 0 atom stereocenters. The summed E-state index contributed by atoms with van der Waals surface area (Å²) in [6.07, 6.45) is 1.86. The monoisotopic (exact) mass is 651 g/mol. The Kier molecular flexibility index (Phi) is 6.62. The lowest BCUT2D eigenvalue weighted by atomic mass is 9.67. The van der Waals surface area contributed by atoms with Gasteiger partial charge in [-0.2, -0.15) is 0 Å². The minimum Gasteiger partial charge on any atom is -0.327 e. The predicted molar refractivity (Wildman–Crippen MR) is 210 cm³/mol. The average molecular weight is 652 g/mol. The first-order chi connectivity index (χ1) is 25.2. The van der Waals surface area contributed by atoms with E-state index in [1.807, 2.05) is 18.3 Å². The second-order valence-electron chi connectivity index (χ2n) is 13.4. The smallest absolute Gasteiger partial charge is 0.140 e. The predicted octanol–water partition coefficient (Wildman–Crippen LogP) is 11.5. The van der Waals surface area contributed by atoms with Crippen LogP contribution in [0.4, 0.5) is 0 Å². The molecule has 3 nitrogen and oxygen atoms in total. The number of hydrogen-bond acceptors (Lipinski definition) is 2. The third-order valence-corrected chi connectivity index (χ3v) is 10.8. The number of aromatic nitrogens is 3. The van der Waals surface area contributed by atoms with Gasteiger partial charge in [0.15, 0.2) is 0 Å². The SMILES string of the molecule is Cn1c(-c2ccc(-c3cc4c(cc3-c3ccc5ncccc5c3)C(c3ccccc3)(c3ccccc3)c3ccccc3-4)cc2)nc2ccccc21. The van der Waals surface area contributed by atoms with Gasteiger partial charge in [0, 0.05) is 24.2 Å². The molecule has 0 amide bonds. The number of fused-ring (bicyclic) bond motifs is 5. The fourth-order valence-electron chi connectivity index (χ4n) is 8.41. The van der Waals surface area contributed by atoms with Crippen molar-refractivity contribution in [2.45, 2.75) is 5.41 Å². The zero-order valence-corrected chi connectivity index (χ0v) is 28.2. The fraction of sp³-hybridized carbons (Fsp3) is 0.0417. The van der Waals surface area contributed by atoms with Gasteiger partial charge >= 0.3 is 0 Å². The van der Waals surface area contributed by atoms with Crippen LogP contribution in [0, 0.1) is 0 Å². The second-order valence-corrected chi connectivity index (χ2v) is 13.4. The van der Waals surface area contributed by atoms with Crippen LogP contribution in [-0.4, -0.2) is 14.5 Å². The molecule has 7 aromatic carbocycles. The van der Waals surface area contributed by atoms with Crippen LogP contribution in [0.2, 0.25) is 0 Å². The first-order valence-corrected chi connectivity index (χ1v) is 17.5. The molecule has 3 heteroatoms. The van der Waals surface area contributed by atoms with Crippen molar-refractivity contribution in [1.29, 1.82) is 0 Å². The van der Waals surface area contributed by atoms with Crippen molar-refractivity contribution in [2.75, 3.05) is 0 Å². The Labute approximate surface area is 297 Å². The number of pyridine rings is 1. The molecule has 1 aliphatic rings. The molecular formula is C48H33N3. The van der Waals surface area contributed by atoms with Gasteiger partial charge in [0.05, 0.1) is 22.0 Å². The van der Waals surface area contributed by atoms with Crippen molar-refractivity contribution in [3.05, 3.63) is 204 Å². The summed E-state index contributed by atoms with van der Waals surface area (Å²) in [5, 5.41) is 1.12. The van der Waals surface area contributed by atoms with E-state index in [0.29, 0.717) is 0 Å². The Morgan fingerprint density at radius 1 is 0.451 bits per heavy atom. The number of benzene rings is 7. The van der Waals surface area contributed by atoms with Crippen molar-refractivity contribution >= 4 is 21.9 Å². The molecule has 2 aromatic heterocycles. The van der Waals surface area contributed by atoms with Crippen molar-refractivity contribution in [2.24, 2.45) is 7.05 Å². The highest BCUT2D eigenvalue weighted by atomic mass is 15.1. The topological polar surface area (TPSA) is 30.7 Å². The van der Waals surface area contributed by atoms with E-state index in [1.54, 1.807) is 0 Å². The van der Waals surface area contributed by atoms with Crippen molar-refractivity contribution in [3.63, 3.8) is 0 Å². The van der Waals surface area contributed by atoms with E-state index in [0.717, 1.165) is 38.9 Å². The minimum absolute atomic E-state index is 0.482. The molecule has 0 radical (unpaired) electrons. The van der Waals surface area contributed by atoms with Crippen molar-refractivity contribution in [1.82, 2.24) is 14.5 Å². The van der Waals surface area contributed by atoms with E-state index < -0.39 is 5.41 Å². The van der Waals surface area contributed by atoms with Gasteiger partial charge in [0.1, 0.15) is 5.82 Å². The van der Waals surface area contributed by atoms with Gasteiger partial charge in [-0.25, -0.2) is 4.98 Å². The standard InChI is InChI=1S/C48H33N3/c1-51-46-21-11-10-20-45(46)50-47(51)33-24-22-32(23-25-33)39-30-41-38-18-8-9-19-42(38)48(36-14-4-2-5-15-36,37-16-6-3-7-17-37)43(41)31-40(39)34-26-27-44-35(29-34)13-12-28-49-44/h2-31H,1H3. The second kappa shape index (κ2) is 11.5. The van der Waals surface area contributed by atoms with Gasteiger partial charge in [0.2, 0.25) is 0 Å². The van der Waals surface area contributed by atoms with Gasteiger partial charge in [-0.3, -0.25) is 4.98 Å². The Hall–Kier alpha value is -6.58. The maximum absolute atomic E-state index is 4.98. The summed E-state index contributed by atoms with van der Waals surface area (Å²) in [4.78, 5) is 9.62. The lowest BCUT2D eigenvalue weighted by Gasteiger charge is -2.34. The highest BCUT2D eigenvalue weighted by Crippen LogP contribution is 2.58. The van der Waals surface area contributed by atoms with Gasteiger partial charge in [-0.15, -0.1) is 0 Å². The van der Waals surface area contributed by atoms with Crippen molar-refractivity contribution < 1.29 is 0 Å². The third-order valence-electron chi connectivity index (χ3n) is 10.8. The van der Waals surface area contributed by atoms with Crippen LogP contribution < -0.4 is 0 Å². The van der Waals surface area contributed by atoms with E-state index in [1.165, 1.54) is 50.1 Å². The molecule has 0 N–H and O–H groups in total. The Morgan fingerprint density at radius 2 is 1.10 bits per heavy atom. The summed E-state index contributed by atoms with van der Waals surface area (Å²) >= 11 is 0. The number of nitrogens with zero attached hydrogens (tertiary/aromatic N) is 3. The first-order valence-electron chi connectivity index (χ1n) is 17.5. The Bertz CT molecular complexity index is 2700. The van der Waals surface area contributed by atoms with Gasteiger partial charge < -0.3 is 4.57 Å². The van der Waals surface area contributed by atoms with Crippen LogP contribution >= 0.6 is 0 Å². The van der Waals surface area contributed by atoms with Crippen LogP contribution in [0.5, 0.6) is 0 Å². The number of aryl methyl sites for hydroxylation is 1. The third kappa shape index (κ3) is 4.45. The van der Waals surface area contributed by atoms with Crippen LogP contribution in [0.3, 0.4) is 0 Å². The number of hydrogen-bond donors (Lipinski definition) is 0. The summed E-state index contributed by atoms with van der Waals surface area (Å²) in [5.74, 6) is 0.961. The summed E-state index contributed by atoms with van der Waals surface area (Å²) in [6, 6.07) is 64.0. The van der Waals surface area contributed by atoms with E-state index in [4.69, 9.17) is 4.98 Å². The maximum atomic E-state index is 4.98. The summed E-state index contributed by atoms with van der Waals surface area (Å²) in [7, 11) is 2.09. The highest BCUT2D eigenvalue weighted by Gasteiger charge is 2.46. The molecule has 0 saturated heterocycles. The molecule has 9 aromatic rings. The van der Waals surface area contributed by atoms with Gasteiger partial charge in [0.25, 0.3) is 0 Å². The normalized spacial score (nSPS) is 13.0. The van der Waals surface area contributed by atoms with Crippen LogP contribution in [0.1, 0.15) is 22.3 Å². The Morgan fingerprint density at radius 3 is 1.86 bits per heavy atom. The van der Waals surface area contributed by atoms with Crippen molar-refractivity contribution in [3.8, 4) is 44.8 Å². The van der Waals surface area contributed by atoms with Crippen LogP contribution in [0.25, 0.3) is 66.7 Å². The first kappa shape index (κ1) is 29.3. The van der Waals surface area contributed by atoms with E-state index >= 15 is 0 Å². The molecule has 10 rings (SSSR count). The highest BCUT2D eigenvalue weighted by molar-refractivity contribution is 5.97. The molecule has 2 heterocycles. The molecule has 51 heavy (non-hydrogen) atoms. The molecule has 1 aliphatic carbocycles. The summed E-state index contributed by atoms with van der Waals surface area (Å²) in [5.41, 5.74) is 16.1. The summed E-state index contributed by atoms with van der Waals surface area (Å²) in [6.45, 7) is 0. The minimum atomic E-state index is -0.482. The lowest BCUT2D eigenvalue weighted by molar-refractivity contribution is 0.769. The zero-order chi connectivity index (χ0) is 33.9. The summed E-state index contributed by atoms with van der Waals surface area (Å²) < 4.78 is 2.18. The molecule has 0 spiro atoms. The largest absolute Gasteiger partial charge is 0.327 e. The zero-order valence-electron chi connectivity index (χ0n) is 28.2. The Balaban J connectivity index is 1.25. The van der Waals surface area contributed by atoms with E-state index in [2.05, 4.69) is 180 Å². The molecule has 0 bridgehead atoms. The molecule has 0 saturated carbocycles. The van der Waals surface area contributed by atoms with Gasteiger partial charge in [-0.05, 0) is 98.1 Å². The van der Waals surface area contributed by atoms with Gasteiger partial charge in [-0.1, -0.05) is 133 Å². The van der Waals surface area contributed by atoms with E-state index in [9.17, 15) is 0 Å². The number of para-hydroxylation sites is 2. The molecule has 0 aliphatic heterocycles.